The molecular formula is C25H19N5O2S. The smallest absolute Gasteiger partial charge is 0.270 e. The third-order valence-electron chi connectivity index (χ3n) is 6.29. The van der Waals surface area contributed by atoms with Crippen LogP contribution in [0.1, 0.15) is 32.9 Å². The molecule has 1 atom stereocenters. The molecule has 6 rings (SSSR count). The zero-order chi connectivity index (χ0) is 22.4. The number of thiazole rings is 1. The van der Waals surface area contributed by atoms with Crippen molar-refractivity contribution in [1.82, 2.24) is 20.3 Å². The quantitative estimate of drug-likeness (QED) is 0.493. The van der Waals surface area contributed by atoms with Crippen LogP contribution in [0.4, 0.5) is 5.82 Å². The van der Waals surface area contributed by atoms with E-state index in [2.05, 4.69) is 25.6 Å². The summed E-state index contributed by atoms with van der Waals surface area (Å²) in [6, 6.07) is 15.6. The van der Waals surface area contributed by atoms with Gasteiger partial charge in [0.25, 0.3) is 5.91 Å². The van der Waals surface area contributed by atoms with Crippen molar-refractivity contribution < 1.29 is 9.59 Å². The number of benzene rings is 1. The van der Waals surface area contributed by atoms with Crippen LogP contribution in [0.15, 0.2) is 66.3 Å². The van der Waals surface area contributed by atoms with Crippen LogP contribution in [0, 0.1) is 0 Å². The van der Waals surface area contributed by atoms with E-state index in [0.717, 1.165) is 33.0 Å². The van der Waals surface area contributed by atoms with Gasteiger partial charge in [0.15, 0.2) is 0 Å². The largest absolute Gasteiger partial charge is 0.345 e. The fourth-order valence-electron chi connectivity index (χ4n) is 4.64. The third-order valence-corrected chi connectivity index (χ3v) is 7.23. The second-order valence-corrected chi connectivity index (χ2v) is 9.18. The maximum absolute atomic E-state index is 12.8. The topological polar surface area (TPSA) is 96.9 Å². The number of carbonyl (C=O) groups is 2. The van der Waals surface area contributed by atoms with Crippen LogP contribution in [0.2, 0.25) is 0 Å². The van der Waals surface area contributed by atoms with Gasteiger partial charge < -0.3 is 10.6 Å². The second-order valence-electron chi connectivity index (χ2n) is 8.32. The van der Waals surface area contributed by atoms with E-state index >= 15 is 0 Å². The predicted molar refractivity (Wildman–Crippen MR) is 125 cm³/mol. The summed E-state index contributed by atoms with van der Waals surface area (Å²) in [6.45, 7) is 0.326. The normalized spacial score (nSPS) is 18.1. The number of amides is 2. The lowest BCUT2D eigenvalue weighted by Crippen LogP contribution is -2.35. The van der Waals surface area contributed by atoms with E-state index in [1.165, 1.54) is 0 Å². The molecule has 1 aliphatic carbocycles. The van der Waals surface area contributed by atoms with E-state index in [1.807, 2.05) is 47.8 Å². The summed E-state index contributed by atoms with van der Waals surface area (Å²) in [5.41, 5.74) is 4.41. The average molecular weight is 454 g/mol. The molecule has 0 saturated heterocycles. The Morgan fingerprint density at radius 3 is 2.82 bits per heavy atom. The molecule has 0 radical (unpaired) electrons. The molecular weight excluding hydrogens is 434 g/mol. The highest BCUT2D eigenvalue weighted by Crippen LogP contribution is 2.46. The monoisotopic (exact) mass is 453 g/mol. The molecule has 1 aromatic carbocycles. The zero-order valence-corrected chi connectivity index (χ0v) is 18.4. The van der Waals surface area contributed by atoms with Crippen LogP contribution in [-0.4, -0.2) is 26.8 Å². The Morgan fingerprint density at radius 1 is 1.09 bits per heavy atom. The first-order valence-corrected chi connectivity index (χ1v) is 11.5. The molecule has 3 aromatic heterocycles. The van der Waals surface area contributed by atoms with Crippen molar-refractivity contribution in [2.45, 2.75) is 24.8 Å². The van der Waals surface area contributed by atoms with Gasteiger partial charge in [-0.3, -0.25) is 14.6 Å². The van der Waals surface area contributed by atoms with E-state index < -0.39 is 5.41 Å². The number of aromatic nitrogens is 3. The van der Waals surface area contributed by atoms with Crippen molar-refractivity contribution in [2.24, 2.45) is 0 Å². The van der Waals surface area contributed by atoms with Crippen LogP contribution in [0.3, 0.4) is 0 Å². The van der Waals surface area contributed by atoms with E-state index in [1.54, 1.807) is 29.8 Å². The highest BCUT2D eigenvalue weighted by Gasteiger charge is 2.51. The van der Waals surface area contributed by atoms with Gasteiger partial charge in [-0.15, -0.1) is 11.3 Å². The van der Waals surface area contributed by atoms with Crippen LogP contribution in [0.5, 0.6) is 0 Å². The minimum Gasteiger partial charge on any atom is -0.345 e. The average Bonchev–Trinajstić information content (AvgIpc) is 3.54. The minimum atomic E-state index is -0.670. The Balaban J connectivity index is 1.17. The van der Waals surface area contributed by atoms with Crippen LogP contribution < -0.4 is 10.6 Å². The molecule has 1 unspecified atom stereocenters. The SMILES string of the molecule is O=C(NCc1csc(-c2ccccc2)n1)c1cc2c(cn1)CC1(C2)C(=O)Nc2ncccc21. The number of rotatable bonds is 4. The Bertz CT molecular complexity index is 1400. The first kappa shape index (κ1) is 19.8. The number of carbonyl (C=O) groups excluding carboxylic acids is 2. The zero-order valence-electron chi connectivity index (χ0n) is 17.5. The molecule has 2 aliphatic rings. The van der Waals surface area contributed by atoms with Crippen molar-refractivity contribution in [3.8, 4) is 10.6 Å². The summed E-state index contributed by atoms with van der Waals surface area (Å²) in [7, 11) is 0. The third kappa shape index (κ3) is 3.30. The minimum absolute atomic E-state index is 0.0452. The lowest BCUT2D eigenvalue weighted by molar-refractivity contribution is -0.120. The fraction of sp³-hybridized carbons (Fsp3) is 0.160. The molecule has 0 bridgehead atoms. The molecule has 8 heteroatoms. The van der Waals surface area contributed by atoms with Gasteiger partial charge >= 0.3 is 0 Å². The molecule has 7 nitrogen and oxygen atoms in total. The van der Waals surface area contributed by atoms with Crippen LogP contribution in [0.25, 0.3) is 10.6 Å². The highest BCUT2D eigenvalue weighted by molar-refractivity contribution is 7.13. The first-order valence-electron chi connectivity index (χ1n) is 10.7. The predicted octanol–water partition coefficient (Wildman–Crippen LogP) is 3.52. The molecule has 1 spiro atoms. The molecule has 162 valence electrons. The molecule has 4 aromatic rings. The highest BCUT2D eigenvalue weighted by atomic mass is 32.1. The van der Waals surface area contributed by atoms with Gasteiger partial charge in [-0.25, -0.2) is 9.97 Å². The summed E-state index contributed by atoms with van der Waals surface area (Å²) >= 11 is 1.55. The van der Waals surface area contributed by atoms with Crippen LogP contribution in [-0.2, 0) is 29.6 Å². The van der Waals surface area contributed by atoms with Crippen LogP contribution >= 0.6 is 11.3 Å². The van der Waals surface area contributed by atoms with Crippen molar-refractivity contribution in [2.75, 3.05) is 5.32 Å². The van der Waals surface area contributed by atoms with Gasteiger partial charge in [0.1, 0.15) is 16.5 Å². The number of anilines is 1. The first-order chi connectivity index (χ1) is 16.1. The maximum Gasteiger partial charge on any atom is 0.270 e. The van der Waals surface area contributed by atoms with E-state index in [-0.39, 0.29) is 11.8 Å². The van der Waals surface area contributed by atoms with E-state index in [4.69, 9.17) is 0 Å². The number of pyridine rings is 2. The Morgan fingerprint density at radius 2 is 1.94 bits per heavy atom. The van der Waals surface area contributed by atoms with Gasteiger partial charge in [0, 0.05) is 28.9 Å². The number of hydrogen-bond acceptors (Lipinski definition) is 6. The molecule has 0 saturated carbocycles. The number of fused-ring (bicyclic) bond motifs is 3. The molecule has 0 fully saturated rings. The Kier molecular flexibility index (Phi) is 4.55. The van der Waals surface area contributed by atoms with Gasteiger partial charge in [-0.2, -0.15) is 0 Å². The molecule has 4 heterocycles. The van der Waals surface area contributed by atoms with Gasteiger partial charge in [0.2, 0.25) is 5.91 Å². The molecule has 33 heavy (non-hydrogen) atoms. The van der Waals surface area contributed by atoms with E-state index in [0.29, 0.717) is 30.9 Å². The summed E-state index contributed by atoms with van der Waals surface area (Å²) < 4.78 is 0. The summed E-state index contributed by atoms with van der Waals surface area (Å²) in [5, 5.41) is 8.68. The summed E-state index contributed by atoms with van der Waals surface area (Å²) in [5.74, 6) is 0.321. The lowest BCUT2D eigenvalue weighted by atomic mass is 9.79. The molecule has 1 aliphatic heterocycles. The van der Waals surface area contributed by atoms with Gasteiger partial charge in [-0.05, 0) is 36.1 Å². The Hall–Kier alpha value is -3.91. The second kappa shape index (κ2) is 7.60. The maximum atomic E-state index is 12.8. The number of hydrogen-bond donors (Lipinski definition) is 2. The van der Waals surface area contributed by atoms with Crippen molar-refractivity contribution in [3.63, 3.8) is 0 Å². The number of nitrogens with zero attached hydrogens (tertiary/aromatic N) is 3. The fourth-order valence-corrected chi connectivity index (χ4v) is 5.47. The van der Waals surface area contributed by atoms with Gasteiger partial charge in [-0.1, -0.05) is 36.4 Å². The summed E-state index contributed by atoms with van der Waals surface area (Å²) in [6.07, 6.45) is 4.48. The lowest BCUT2D eigenvalue weighted by Gasteiger charge is -2.20. The molecule has 2 N–H and O–H groups in total. The number of nitrogens with one attached hydrogen (secondary N) is 2. The summed E-state index contributed by atoms with van der Waals surface area (Å²) in [4.78, 5) is 38.9. The van der Waals surface area contributed by atoms with Gasteiger partial charge in [0.05, 0.1) is 17.7 Å². The van der Waals surface area contributed by atoms with Crippen molar-refractivity contribution in [3.05, 3.63) is 94.4 Å². The van der Waals surface area contributed by atoms with Crippen molar-refractivity contribution >= 4 is 29.0 Å². The standard InChI is InChI=1S/C25H19N5O2S/c31-22(28-13-18-14-33-23(29-18)15-5-2-1-3-6-15)20-9-16-10-25(11-17(16)12-27-20)19-7-4-8-26-21(19)30-24(25)32/h1-9,12,14H,10-11,13H2,(H,28,31)(H,26,30,32). The van der Waals surface area contributed by atoms with Crippen molar-refractivity contribution in [1.29, 1.82) is 0 Å². The molecule has 2 amide bonds. The Labute approximate surface area is 194 Å². The van der Waals surface area contributed by atoms with E-state index in [9.17, 15) is 9.59 Å².